The predicted octanol–water partition coefficient (Wildman–Crippen LogP) is 3.48. The summed E-state index contributed by atoms with van der Waals surface area (Å²) in [6.45, 7) is 4.41. The molecule has 0 spiro atoms. The van der Waals surface area contributed by atoms with Crippen LogP contribution in [0, 0.1) is 0 Å². The highest BCUT2D eigenvalue weighted by atomic mass is 15.2. The first-order valence-electron chi connectivity index (χ1n) is 8.20. The molecule has 1 N–H and O–H groups in total. The molecule has 3 heteroatoms. The van der Waals surface area contributed by atoms with Crippen LogP contribution in [0.25, 0.3) is 10.9 Å². The van der Waals surface area contributed by atoms with Crippen LogP contribution in [-0.4, -0.2) is 23.6 Å². The molecule has 4 rings (SSSR count). The molecular formula is C18H23N3. The summed E-state index contributed by atoms with van der Waals surface area (Å²) < 4.78 is 0. The summed E-state index contributed by atoms with van der Waals surface area (Å²) in [6.07, 6.45) is 5.22. The first kappa shape index (κ1) is 13.1. The van der Waals surface area contributed by atoms with Crippen LogP contribution in [0.2, 0.25) is 0 Å². The maximum atomic E-state index is 4.99. The van der Waals surface area contributed by atoms with Crippen molar-refractivity contribution in [3.8, 4) is 0 Å². The van der Waals surface area contributed by atoms with Crippen molar-refractivity contribution in [2.45, 2.75) is 51.2 Å². The number of benzene rings is 1. The quantitative estimate of drug-likeness (QED) is 0.930. The molecule has 1 unspecified atom stereocenters. The predicted molar refractivity (Wildman–Crippen MR) is 87.6 cm³/mol. The Hall–Kier alpha value is -1.61. The number of pyridine rings is 1. The zero-order valence-corrected chi connectivity index (χ0v) is 12.7. The topological polar surface area (TPSA) is 28.2 Å². The van der Waals surface area contributed by atoms with E-state index in [-0.39, 0.29) is 0 Å². The second-order valence-electron chi connectivity index (χ2n) is 6.50. The molecule has 1 saturated heterocycles. The Labute approximate surface area is 126 Å². The van der Waals surface area contributed by atoms with E-state index in [0.29, 0.717) is 6.04 Å². The van der Waals surface area contributed by atoms with E-state index in [1.807, 2.05) is 0 Å². The smallest absolute Gasteiger partial charge is 0.134 e. The van der Waals surface area contributed by atoms with Crippen molar-refractivity contribution in [1.29, 1.82) is 0 Å². The molecule has 0 amide bonds. The fourth-order valence-electron chi connectivity index (χ4n) is 3.32. The number of nitrogens with one attached hydrogen (secondary N) is 1. The molecule has 1 aliphatic carbocycles. The second kappa shape index (κ2) is 5.30. The fourth-order valence-corrected chi connectivity index (χ4v) is 3.32. The van der Waals surface area contributed by atoms with E-state index in [9.17, 15) is 0 Å². The summed E-state index contributed by atoms with van der Waals surface area (Å²) in [5.74, 6) is 1.20. The van der Waals surface area contributed by atoms with Crippen molar-refractivity contribution in [2.75, 3.05) is 11.4 Å². The van der Waals surface area contributed by atoms with Gasteiger partial charge in [-0.15, -0.1) is 0 Å². The molecule has 0 bridgehead atoms. The Morgan fingerprint density at radius 2 is 2.10 bits per heavy atom. The molecule has 21 heavy (non-hydrogen) atoms. The lowest BCUT2D eigenvalue weighted by atomic mass is 10.1. The first-order valence-corrected chi connectivity index (χ1v) is 8.20. The van der Waals surface area contributed by atoms with Gasteiger partial charge >= 0.3 is 0 Å². The average molecular weight is 281 g/mol. The van der Waals surface area contributed by atoms with Gasteiger partial charge in [-0.2, -0.15) is 0 Å². The lowest BCUT2D eigenvalue weighted by Gasteiger charge is -2.26. The maximum Gasteiger partial charge on any atom is 0.134 e. The largest absolute Gasteiger partial charge is 0.354 e. The van der Waals surface area contributed by atoms with Crippen LogP contribution in [0.4, 0.5) is 5.82 Å². The van der Waals surface area contributed by atoms with Crippen molar-refractivity contribution < 1.29 is 0 Å². The van der Waals surface area contributed by atoms with Gasteiger partial charge in [-0.3, -0.25) is 0 Å². The number of hydrogen-bond acceptors (Lipinski definition) is 3. The molecule has 110 valence electrons. The molecule has 2 fully saturated rings. The van der Waals surface area contributed by atoms with Crippen molar-refractivity contribution in [3.63, 3.8) is 0 Å². The van der Waals surface area contributed by atoms with Gasteiger partial charge in [-0.05, 0) is 44.7 Å². The first-order chi connectivity index (χ1) is 10.3. The third kappa shape index (κ3) is 2.62. The van der Waals surface area contributed by atoms with Crippen molar-refractivity contribution in [3.05, 3.63) is 35.9 Å². The highest BCUT2D eigenvalue weighted by molar-refractivity contribution is 5.82. The molecule has 1 aromatic carbocycles. The highest BCUT2D eigenvalue weighted by Gasteiger charge is 2.25. The SMILES string of the molecule is CC1CCCN1c1nc2ccccc2cc1CNC1CC1. The summed E-state index contributed by atoms with van der Waals surface area (Å²) in [6, 6.07) is 12.1. The normalized spacial score (nSPS) is 22.1. The van der Waals surface area contributed by atoms with Gasteiger partial charge in [0.05, 0.1) is 5.52 Å². The standard InChI is InChI=1S/C18H23N3/c1-13-5-4-10-21(13)18-15(12-19-16-8-9-16)11-14-6-2-3-7-17(14)20-18/h2-3,6-7,11,13,16,19H,4-5,8-10,12H2,1H3. The van der Waals surface area contributed by atoms with Gasteiger partial charge in [0.2, 0.25) is 0 Å². The summed E-state index contributed by atoms with van der Waals surface area (Å²) in [7, 11) is 0. The third-order valence-electron chi connectivity index (χ3n) is 4.76. The van der Waals surface area contributed by atoms with E-state index in [1.165, 1.54) is 42.5 Å². The molecule has 2 heterocycles. The van der Waals surface area contributed by atoms with E-state index in [2.05, 4.69) is 47.5 Å². The summed E-state index contributed by atoms with van der Waals surface area (Å²) >= 11 is 0. The average Bonchev–Trinajstić information content (AvgIpc) is 3.24. The number of hydrogen-bond donors (Lipinski definition) is 1. The van der Waals surface area contributed by atoms with E-state index < -0.39 is 0 Å². The fraction of sp³-hybridized carbons (Fsp3) is 0.500. The zero-order chi connectivity index (χ0) is 14.2. The number of para-hydroxylation sites is 1. The number of nitrogens with zero attached hydrogens (tertiary/aromatic N) is 2. The van der Waals surface area contributed by atoms with E-state index >= 15 is 0 Å². The molecule has 1 aromatic heterocycles. The van der Waals surface area contributed by atoms with Gasteiger partial charge in [-0.25, -0.2) is 4.98 Å². The molecule has 2 aliphatic rings. The Bertz CT molecular complexity index is 648. The minimum Gasteiger partial charge on any atom is -0.354 e. The molecule has 2 aromatic rings. The van der Waals surface area contributed by atoms with Gasteiger partial charge in [0.1, 0.15) is 5.82 Å². The Balaban J connectivity index is 1.74. The Kier molecular flexibility index (Phi) is 3.30. The summed E-state index contributed by atoms with van der Waals surface area (Å²) in [4.78, 5) is 7.49. The van der Waals surface area contributed by atoms with Gasteiger partial charge in [0.25, 0.3) is 0 Å². The lowest BCUT2D eigenvalue weighted by molar-refractivity contribution is 0.675. The van der Waals surface area contributed by atoms with Crippen LogP contribution in [0.1, 0.15) is 38.2 Å². The van der Waals surface area contributed by atoms with E-state index in [4.69, 9.17) is 4.98 Å². The van der Waals surface area contributed by atoms with Crippen LogP contribution in [0.15, 0.2) is 30.3 Å². The van der Waals surface area contributed by atoms with Crippen LogP contribution >= 0.6 is 0 Å². The summed E-state index contributed by atoms with van der Waals surface area (Å²) in [5, 5.41) is 4.90. The van der Waals surface area contributed by atoms with Crippen LogP contribution < -0.4 is 10.2 Å². The van der Waals surface area contributed by atoms with Crippen molar-refractivity contribution in [2.24, 2.45) is 0 Å². The van der Waals surface area contributed by atoms with Gasteiger partial charge in [0.15, 0.2) is 0 Å². The monoisotopic (exact) mass is 281 g/mol. The van der Waals surface area contributed by atoms with Gasteiger partial charge in [0, 0.05) is 36.1 Å². The van der Waals surface area contributed by atoms with Crippen LogP contribution in [0.5, 0.6) is 0 Å². The Morgan fingerprint density at radius 3 is 2.86 bits per heavy atom. The minimum absolute atomic E-state index is 0.610. The molecule has 1 aliphatic heterocycles. The van der Waals surface area contributed by atoms with Crippen LogP contribution in [0.3, 0.4) is 0 Å². The molecule has 3 nitrogen and oxygen atoms in total. The highest BCUT2D eigenvalue weighted by Crippen LogP contribution is 2.30. The third-order valence-corrected chi connectivity index (χ3v) is 4.76. The van der Waals surface area contributed by atoms with E-state index in [0.717, 1.165) is 24.6 Å². The molecular weight excluding hydrogens is 258 g/mol. The van der Waals surface area contributed by atoms with Gasteiger partial charge < -0.3 is 10.2 Å². The summed E-state index contributed by atoms with van der Waals surface area (Å²) in [5.41, 5.74) is 2.47. The number of anilines is 1. The number of aromatic nitrogens is 1. The number of rotatable bonds is 4. The molecule has 0 radical (unpaired) electrons. The van der Waals surface area contributed by atoms with Crippen molar-refractivity contribution in [1.82, 2.24) is 10.3 Å². The molecule has 1 atom stereocenters. The Morgan fingerprint density at radius 1 is 1.24 bits per heavy atom. The van der Waals surface area contributed by atoms with Crippen LogP contribution in [-0.2, 0) is 6.54 Å². The maximum absolute atomic E-state index is 4.99. The van der Waals surface area contributed by atoms with E-state index in [1.54, 1.807) is 0 Å². The zero-order valence-electron chi connectivity index (χ0n) is 12.7. The lowest BCUT2D eigenvalue weighted by Crippen LogP contribution is -2.29. The van der Waals surface area contributed by atoms with Crippen molar-refractivity contribution >= 4 is 16.7 Å². The minimum atomic E-state index is 0.610. The molecule has 1 saturated carbocycles. The number of fused-ring (bicyclic) bond motifs is 1. The van der Waals surface area contributed by atoms with Gasteiger partial charge in [-0.1, -0.05) is 18.2 Å². The second-order valence-corrected chi connectivity index (χ2v) is 6.50.